The van der Waals surface area contributed by atoms with Crippen molar-refractivity contribution < 1.29 is 4.79 Å². The average Bonchev–Trinajstić information content (AvgIpc) is 1.79. The molecule has 0 heterocycles. The van der Waals surface area contributed by atoms with E-state index in [2.05, 4.69) is 16.2 Å². The van der Waals surface area contributed by atoms with Crippen LogP contribution in [0.4, 0.5) is 4.79 Å². The first-order valence-electron chi connectivity index (χ1n) is 4.15. The molecule has 4 nitrogen and oxygen atoms in total. The van der Waals surface area contributed by atoms with Crippen LogP contribution in [0.2, 0.25) is 0 Å². The Morgan fingerprint density at radius 1 is 1.25 bits per heavy atom. The van der Waals surface area contributed by atoms with Gasteiger partial charge in [-0.2, -0.15) is 0 Å². The van der Waals surface area contributed by atoms with Gasteiger partial charge in [0.1, 0.15) is 0 Å². The first-order valence-corrected chi connectivity index (χ1v) is 4.15. The van der Waals surface area contributed by atoms with Crippen LogP contribution in [-0.2, 0) is 0 Å². The van der Waals surface area contributed by atoms with Gasteiger partial charge in [-0.1, -0.05) is 0 Å². The Labute approximate surface area is 74.1 Å². The smallest absolute Gasteiger partial charge is 0.329 e. The SMILES string of the molecule is CC(C)NNC(=O)NC(C)(C)C. The minimum atomic E-state index is -0.198. The van der Waals surface area contributed by atoms with Crippen LogP contribution in [0.25, 0.3) is 0 Å². The van der Waals surface area contributed by atoms with Gasteiger partial charge in [0.2, 0.25) is 0 Å². The summed E-state index contributed by atoms with van der Waals surface area (Å²) in [6.45, 7) is 9.71. The van der Waals surface area contributed by atoms with E-state index in [1.165, 1.54) is 0 Å². The van der Waals surface area contributed by atoms with E-state index in [9.17, 15) is 4.79 Å². The van der Waals surface area contributed by atoms with E-state index in [0.717, 1.165) is 0 Å². The van der Waals surface area contributed by atoms with Crippen molar-refractivity contribution in [2.75, 3.05) is 0 Å². The molecule has 0 unspecified atom stereocenters. The van der Waals surface area contributed by atoms with Crippen LogP contribution in [0.1, 0.15) is 34.6 Å². The molecule has 0 atom stereocenters. The Bertz CT molecular complexity index is 149. The zero-order valence-electron chi connectivity index (χ0n) is 8.49. The molecule has 0 aromatic rings. The number of carbonyl (C=O) groups is 1. The van der Waals surface area contributed by atoms with Gasteiger partial charge in [0.05, 0.1) is 0 Å². The van der Waals surface area contributed by atoms with Gasteiger partial charge < -0.3 is 5.32 Å². The van der Waals surface area contributed by atoms with E-state index < -0.39 is 0 Å². The Morgan fingerprint density at radius 3 is 2.08 bits per heavy atom. The van der Waals surface area contributed by atoms with Crippen molar-refractivity contribution in [1.29, 1.82) is 0 Å². The lowest BCUT2D eigenvalue weighted by Gasteiger charge is -2.21. The van der Waals surface area contributed by atoms with Crippen LogP contribution in [0.5, 0.6) is 0 Å². The summed E-state index contributed by atoms with van der Waals surface area (Å²) in [6, 6.07) is 0.0481. The summed E-state index contributed by atoms with van der Waals surface area (Å²) in [6.07, 6.45) is 0. The Hall–Kier alpha value is -0.770. The molecule has 0 aromatic heterocycles. The van der Waals surface area contributed by atoms with Crippen molar-refractivity contribution in [3.8, 4) is 0 Å². The number of hydrogen-bond acceptors (Lipinski definition) is 2. The van der Waals surface area contributed by atoms with E-state index in [-0.39, 0.29) is 17.6 Å². The molecule has 12 heavy (non-hydrogen) atoms. The Kier molecular flexibility index (Phi) is 4.03. The van der Waals surface area contributed by atoms with Crippen LogP contribution in [0, 0.1) is 0 Å². The number of nitrogens with one attached hydrogen (secondary N) is 3. The maximum absolute atomic E-state index is 11.1. The Morgan fingerprint density at radius 2 is 1.75 bits per heavy atom. The quantitative estimate of drug-likeness (QED) is 0.546. The van der Waals surface area contributed by atoms with Gasteiger partial charge in [-0.25, -0.2) is 10.2 Å². The molecular weight excluding hydrogens is 154 g/mol. The molecular formula is C8H19N3O. The number of carbonyl (C=O) groups excluding carboxylic acids is 1. The summed E-state index contributed by atoms with van der Waals surface area (Å²) in [4.78, 5) is 11.1. The number of hydrazine groups is 1. The van der Waals surface area contributed by atoms with Gasteiger partial charge in [-0.3, -0.25) is 5.43 Å². The number of urea groups is 1. The fourth-order valence-corrected chi connectivity index (χ4v) is 0.582. The standard InChI is InChI=1S/C8H19N3O/c1-6(2)10-11-7(12)9-8(3,4)5/h6,10H,1-5H3,(H2,9,11,12). The van der Waals surface area contributed by atoms with Crippen LogP contribution < -0.4 is 16.2 Å². The number of amides is 2. The van der Waals surface area contributed by atoms with Crippen molar-refractivity contribution in [2.24, 2.45) is 0 Å². The van der Waals surface area contributed by atoms with Gasteiger partial charge in [-0.05, 0) is 34.6 Å². The molecule has 0 aliphatic heterocycles. The molecule has 0 radical (unpaired) electrons. The van der Waals surface area contributed by atoms with Gasteiger partial charge in [0.15, 0.2) is 0 Å². The lowest BCUT2D eigenvalue weighted by Crippen LogP contribution is -2.52. The molecule has 72 valence electrons. The highest BCUT2D eigenvalue weighted by atomic mass is 16.2. The summed E-state index contributed by atoms with van der Waals surface area (Å²) >= 11 is 0. The van der Waals surface area contributed by atoms with Crippen LogP contribution >= 0.6 is 0 Å². The fourth-order valence-electron chi connectivity index (χ4n) is 0.582. The third kappa shape index (κ3) is 7.34. The van der Waals surface area contributed by atoms with E-state index in [4.69, 9.17) is 0 Å². The van der Waals surface area contributed by atoms with Crippen LogP contribution in [-0.4, -0.2) is 17.6 Å². The molecule has 0 aliphatic carbocycles. The van der Waals surface area contributed by atoms with Gasteiger partial charge in [-0.15, -0.1) is 0 Å². The van der Waals surface area contributed by atoms with Crippen molar-refractivity contribution in [3.63, 3.8) is 0 Å². The molecule has 4 heteroatoms. The summed E-state index contributed by atoms with van der Waals surface area (Å²) in [5.74, 6) is 0. The molecule has 0 saturated carbocycles. The lowest BCUT2D eigenvalue weighted by molar-refractivity contribution is 0.226. The van der Waals surface area contributed by atoms with Crippen molar-refractivity contribution in [2.45, 2.75) is 46.2 Å². The summed E-state index contributed by atoms with van der Waals surface area (Å²) < 4.78 is 0. The average molecular weight is 173 g/mol. The molecule has 0 bridgehead atoms. The third-order valence-electron chi connectivity index (χ3n) is 0.963. The van der Waals surface area contributed by atoms with E-state index in [1.807, 2.05) is 34.6 Å². The van der Waals surface area contributed by atoms with Crippen molar-refractivity contribution >= 4 is 6.03 Å². The molecule has 0 aliphatic rings. The van der Waals surface area contributed by atoms with Crippen molar-refractivity contribution in [1.82, 2.24) is 16.2 Å². The fraction of sp³-hybridized carbons (Fsp3) is 0.875. The number of rotatable bonds is 2. The zero-order chi connectivity index (χ0) is 9.78. The summed E-state index contributed by atoms with van der Waals surface area (Å²) in [5, 5.41) is 2.76. The predicted octanol–water partition coefficient (Wildman–Crippen LogP) is 0.997. The summed E-state index contributed by atoms with van der Waals surface area (Å²) in [5.41, 5.74) is 5.15. The minimum absolute atomic E-state index is 0.192. The highest BCUT2D eigenvalue weighted by Crippen LogP contribution is 1.96. The molecule has 0 aromatic carbocycles. The second-order valence-corrected chi connectivity index (χ2v) is 4.13. The van der Waals surface area contributed by atoms with E-state index in [1.54, 1.807) is 0 Å². The van der Waals surface area contributed by atoms with E-state index in [0.29, 0.717) is 0 Å². The number of hydrogen-bond donors (Lipinski definition) is 3. The van der Waals surface area contributed by atoms with E-state index >= 15 is 0 Å². The monoisotopic (exact) mass is 173 g/mol. The molecule has 0 rings (SSSR count). The van der Waals surface area contributed by atoms with Gasteiger partial charge in [0.25, 0.3) is 0 Å². The topological polar surface area (TPSA) is 53.2 Å². The minimum Gasteiger partial charge on any atom is -0.332 e. The summed E-state index contributed by atoms with van der Waals surface area (Å²) in [7, 11) is 0. The van der Waals surface area contributed by atoms with Gasteiger partial charge >= 0.3 is 6.03 Å². The first-order chi connectivity index (χ1) is 5.31. The highest BCUT2D eigenvalue weighted by Gasteiger charge is 2.12. The second-order valence-electron chi connectivity index (χ2n) is 4.13. The lowest BCUT2D eigenvalue weighted by atomic mass is 10.1. The molecule has 3 N–H and O–H groups in total. The third-order valence-corrected chi connectivity index (χ3v) is 0.963. The van der Waals surface area contributed by atoms with Crippen molar-refractivity contribution in [3.05, 3.63) is 0 Å². The highest BCUT2D eigenvalue weighted by molar-refractivity contribution is 5.74. The maximum atomic E-state index is 11.1. The Balaban J connectivity index is 3.61. The second kappa shape index (κ2) is 4.30. The first kappa shape index (κ1) is 11.2. The predicted molar refractivity (Wildman–Crippen MR) is 49.7 cm³/mol. The van der Waals surface area contributed by atoms with Crippen LogP contribution in [0.3, 0.4) is 0 Å². The largest absolute Gasteiger partial charge is 0.332 e. The van der Waals surface area contributed by atoms with Gasteiger partial charge in [0, 0.05) is 11.6 Å². The molecule has 2 amide bonds. The molecule has 0 fully saturated rings. The molecule has 0 saturated heterocycles. The maximum Gasteiger partial charge on any atom is 0.329 e. The molecule has 0 spiro atoms. The normalized spacial score (nSPS) is 11.5. The van der Waals surface area contributed by atoms with Crippen LogP contribution in [0.15, 0.2) is 0 Å². The zero-order valence-corrected chi connectivity index (χ0v) is 8.49.